The molecule has 2 fully saturated rings. The largest absolute Gasteiger partial charge is 0.356 e. The third-order valence-corrected chi connectivity index (χ3v) is 6.48. The van der Waals surface area contributed by atoms with Crippen LogP contribution < -0.4 is 10.6 Å². The summed E-state index contributed by atoms with van der Waals surface area (Å²) < 4.78 is 0. The van der Waals surface area contributed by atoms with Crippen molar-refractivity contribution >= 4 is 47.6 Å². The molecule has 0 unspecified atom stereocenters. The van der Waals surface area contributed by atoms with Gasteiger partial charge in [0, 0.05) is 38.5 Å². The van der Waals surface area contributed by atoms with Crippen molar-refractivity contribution in [2.24, 2.45) is 4.99 Å². The lowest BCUT2D eigenvalue weighted by Crippen LogP contribution is -2.59. The number of aliphatic imine (C=N–C) groups is 1. The molecule has 0 spiro atoms. The molecule has 2 N–H and O–H groups in total. The molecular formula is C20H40IN5OS. The molecule has 8 heteroatoms. The van der Waals surface area contributed by atoms with Gasteiger partial charge in [-0.25, -0.2) is 4.99 Å². The van der Waals surface area contributed by atoms with E-state index < -0.39 is 0 Å². The summed E-state index contributed by atoms with van der Waals surface area (Å²) in [5.74, 6) is 1.84. The Balaban J connectivity index is 0.00000392. The van der Waals surface area contributed by atoms with E-state index in [0.29, 0.717) is 0 Å². The van der Waals surface area contributed by atoms with E-state index in [2.05, 4.69) is 26.8 Å². The van der Waals surface area contributed by atoms with E-state index >= 15 is 0 Å². The van der Waals surface area contributed by atoms with Crippen LogP contribution in [0, 0.1) is 0 Å². The normalized spacial score (nSPS) is 20.2. The average Bonchev–Trinajstić information content (AvgIpc) is 2.70. The van der Waals surface area contributed by atoms with Crippen molar-refractivity contribution in [3.63, 3.8) is 0 Å². The smallest absolute Gasteiger partial charge is 0.243 e. The van der Waals surface area contributed by atoms with Crippen molar-refractivity contribution in [2.45, 2.75) is 56.9 Å². The molecule has 1 saturated carbocycles. The fourth-order valence-corrected chi connectivity index (χ4v) is 4.47. The molecule has 164 valence electrons. The Labute approximate surface area is 193 Å². The molecule has 1 aliphatic heterocycles. The first kappa shape index (κ1) is 25.8. The van der Waals surface area contributed by atoms with E-state index in [1.54, 1.807) is 19.0 Å². The van der Waals surface area contributed by atoms with Gasteiger partial charge < -0.3 is 15.5 Å². The van der Waals surface area contributed by atoms with Crippen molar-refractivity contribution in [2.75, 3.05) is 58.8 Å². The zero-order chi connectivity index (χ0) is 19.5. The maximum atomic E-state index is 11.9. The zero-order valence-electron chi connectivity index (χ0n) is 18.0. The second kappa shape index (κ2) is 13.9. The van der Waals surface area contributed by atoms with Crippen molar-refractivity contribution < 1.29 is 4.79 Å². The van der Waals surface area contributed by atoms with Gasteiger partial charge in [-0.1, -0.05) is 25.7 Å². The van der Waals surface area contributed by atoms with Gasteiger partial charge in [0.1, 0.15) is 6.54 Å². The number of likely N-dealkylation sites (tertiary alicyclic amines) is 1. The molecule has 1 heterocycles. The molecule has 0 radical (unpaired) electrons. The number of carbonyl (C=O) groups excluding carboxylic acids is 1. The number of guanidine groups is 1. The Morgan fingerprint density at radius 3 is 2.32 bits per heavy atom. The van der Waals surface area contributed by atoms with Gasteiger partial charge in [0.05, 0.1) is 0 Å². The molecule has 0 aromatic carbocycles. The molecule has 2 rings (SSSR count). The summed E-state index contributed by atoms with van der Waals surface area (Å²) in [6.07, 6.45) is 12.7. The highest BCUT2D eigenvalue weighted by Crippen LogP contribution is 2.35. The van der Waals surface area contributed by atoms with Crippen LogP contribution in [0.2, 0.25) is 0 Å². The van der Waals surface area contributed by atoms with E-state index in [9.17, 15) is 4.79 Å². The van der Waals surface area contributed by atoms with E-state index in [-0.39, 0.29) is 42.0 Å². The minimum Gasteiger partial charge on any atom is -0.356 e. The number of halogens is 1. The standard InChI is InChI=1S/C20H39N5OS.HI/c1-24(2)18(26)16-22-19(21-12-15-27-3)23-17-20(10-6-4-7-11-20)25-13-8-5-9-14-25;/h4-17H2,1-3H3,(H2,21,22,23);1H. The number of thioether (sulfide) groups is 1. The number of hydrogen-bond donors (Lipinski definition) is 2. The van der Waals surface area contributed by atoms with Crippen molar-refractivity contribution in [3.8, 4) is 0 Å². The Kier molecular flexibility index (Phi) is 12.8. The Morgan fingerprint density at radius 1 is 1.07 bits per heavy atom. The van der Waals surface area contributed by atoms with Gasteiger partial charge in [-0.2, -0.15) is 11.8 Å². The van der Waals surface area contributed by atoms with E-state index in [1.165, 1.54) is 64.5 Å². The van der Waals surface area contributed by atoms with Crippen LogP contribution in [0.3, 0.4) is 0 Å². The number of nitrogens with one attached hydrogen (secondary N) is 2. The molecule has 1 amide bonds. The topological polar surface area (TPSA) is 60.0 Å². The quantitative estimate of drug-likeness (QED) is 0.221. The molecule has 2 aliphatic rings. The molecule has 0 bridgehead atoms. The minimum atomic E-state index is 0. The lowest BCUT2D eigenvalue weighted by atomic mass is 9.79. The maximum absolute atomic E-state index is 11.9. The van der Waals surface area contributed by atoms with Crippen molar-refractivity contribution in [1.82, 2.24) is 20.4 Å². The number of carbonyl (C=O) groups is 1. The van der Waals surface area contributed by atoms with Gasteiger partial charge in [0.2, 0.25) is 5.91 Å². The van der Waals surface area contributed by atoms with Crippen LogP contribution >= 0.6 is 35.7 Å². The number of nitrogens with zero attached hydrogens (tertiary/aromatic N) is 3. The summed E-state index contributed by atoms with van der Waals surface area (Å²) in [4.78, 5) is 20.8. The highest BCUT2D eigenvalue weighted by atomic mass is 127. The van der Waals surface area contributed by atoms with E-state index in [4.69, 9.17) is 0 Å². The molecule has 1 saturated heterocycles. The van der Waals surface area contributed by atoms with Crippen molar-refractivity contribution in [3.05, 3.63) is 0 Å². The predicted octanol–water partition coefficient (Wildman–Crippen LogP) is 2.78. The van der Waals surface area contributed by atoms with E-state index in [0.717, 1.165) is 24.8 Å². The van der Waals surface area contributed by atoms with Gasteiger partial charge in [-0.3, -0.25) is 9.69 Å². The summed E-state index contributed by atoms with van der Waals surface area (Å²) in [6, 6.07) is 0. The Morgan fingerprint density at radius 2 is 1.71 bits per heavy atom. The number of amides is 1. The average molecular weight is 526 g/mol. The third-order valence-electron chi connectivity index (χ3n) is 5.87. The molecule has 6 nitrogen and oxygen atoms in total. The monoisotopic (exact) mass is 525 g/mol. The van der Waals surface area contributed by atoms with Gasteiger partial charge in [0.15, 0.2) is 5.96 Å². The minimum absolute atomic E-state index is 0. The SMILES string of the molecule is CSCCNC(=NCC(=O)N(C)C)NCC1(N2CCCCC2)CCCCC1.I. The summed E-state index contributed by atoms with van der Waals surface area (Å²) in [5, 5.41) is 7.00. The highest BCUT2D eigenvalue weighted by molar-refractivity contribution is 14.0. The summed E-state index contributed by atoms with van der Waals surface area (Å²) in [5.41, 5.74) is 0.256. The van der Waals surface area contributed by atoms with Gasteiger partial charge in [-0.05, 0) is 45.0 Å². The third kappa shape index (κ3) is 8.26. The van der Waals surface area contributed by atoms with Crippen LogP contribution in [0.5, 0.6) is 0 Å². The zero-order valence-corrected chi connectivity index (χ0v) is 21.1. The first-order valence-corrected chi connectivity index (χ1v) is 11.9. The number of likely N-dealkylation sites (N-methyl/N-ethyl adjacent to an activating group) is 1. The lowest BCUT2D eigenvalue weighted by molar-refractivity contribution is -0.127. The maximum Gasteiger partial charge on any atom is 0.243 e. The van der Waals surface area contributed by atoms with Crippen LogP contribution in [-0.4, -0.2) is 86.0 Å². The molecule has 0 aromatic heterocycles. The molecule has 0 aromatic rings. The Hall–Kier alpha value is -0.220. The van der Waals surface area contributed by atoms with Gasteiger partial charge in [-0.15, -0.1) is 24.0 Å². The first-order valence-electron chi connectivity index (χ1n) is 10.5. The van der Waals surface area contributed by atoms with Crippen LogP contribution in [0.15, 0.2) is 4.99 Å². The molecular weight excluding hydrogens is 485 g/mol. The number of rotatable bonds is 8. The van der Waals surface area contributed by atoms with E-state index in [1.807, 2.05) is 11.8 Å². The number of piperidine rings is 1. The van der Waals surface area contributed by atoms with Crippen LogP contribution in [0.4, 0.5) is 0 Å². The molecule has 0 atom stereocenters. The Bertz CT molecular complexity index is 477. The molecule has 28 heavy (non-hydrogen) atoms. The van der Waals surface area contributed by atoms with Crippen molar-refractivity contribution in [1.29, 1.82) is 0 Å². The fourth-order valence-electron chi connectivity index (χ4n) is 4.17. The van der Waals surface area contributed by atoms with Gasteiger partial charge in [0.25, 0.3) is 0 Å². The number of hydrogen-bond acceptors (Lipinski definition) is 4. The van der Waals surface area contributed by atoms with Crippen LogP contribution in [0.1, 0.15) is 51.4 Å². The predicted molar refractivity (Wildman–Crippen MR) is 132 cm³/mol. The summed E-state index contributed by atoms with van der Waals surface area (Å²) in [6.45, 7) is 4.44. The second-order valence-electron chi connectivity index (χ2n) is 8.06. The van der Waals surface area contributed by atoms with Crippen LogP contribution in [-0.2, 0) is 4.79 Å². The van der Waals surface area contributed by atoms with Crippen LogP contribution in [0.25, 0.3) is 0 Å². The fraction of sp³-hybridized carbons (Fsp3) is 0.900. The second-order valence-corrected chi connectivity index (χ2v) is 9.04. The van der Waals surface area contributed by atoms with Gasteiger partial charge >= 0.3 is 0 Å². The summed E-state index contributed by atoms with van der Waals surface area (Å²) in [7, 11) is 3.55. The summed E-state index contributed by atoms with van der Waals surface area (Å²) >= 11 is 1.81. The highest BCUT2D eigenvalue weighted by Gasteiger charge is 2.38. The molecule has 1 aliphatic carbocycles. The first-order chi connectivity index (χ1) is 13.1. The lowest BCUT2D eigenvalue weighted by Gasteiger charge is -2.48.